The smallest absolute Gasteiger partial charge is 0.342 e. The Labute approximate surface area is 253 Å². The number of hydrogen-bond donors (Lipinski definition) is 1. The summed E-state index contributed by atoms with van der Waals surface area (Å²) >= 11 is 0. The summed E-state index contributed by atoms with van der Waals surface area (Å²) in [7, 11) is 2.16. The first-order valence-corrected chi connectivity index (χ1v) is 14.9. The van der Waals surface area contributed by atoms with Gasteiger partial charge in [0.25, 0.3) is 0 Å². The molecule has 0 bridgehead atoms. The van der Waals surface area contributed by atoms with E-state index in [0.29, 0.717) is 24.7 Å². The van der Waals surface area contributed by atoms with Crippen molar-refractivity contribution in [3.8, 4) is 28.7 Å². The second-order valence-corrected chi connectivity index (χ2v) is 10.9. The van der Waals surface area contributed by atoms with E-state index in [1.165, 1.54) is 46.0 Å². The molecule has 0 unspecified atom stereocenters. The summed E-state index contributed by atoms with van der Waals surface area (Å²) in [6.07, 6.45) is 4.89. The van der Waals surface area contributed by atoms with Gasteiger partial charge in [-0.05, 0) is 93.1 Å². The lowest BCUT2D eigenvalue weighted by molar-refractivity contribution is 0.0692. The average molecular weight is 585 g/mol. The normalized spacial score (nSPS) is 14.5. The minimum atomic E-state index is -1.10. The zero-order valence-corrected chi connectivity index (χ0v) is 25.4. The van der Waals surface area contributed by atoms with Crippen molar-refractivity contribution in [1.29, 1.82) is 0 Å². The molecule has 0 saturated carbocycles. The molecule has 0 amide bonds. The minimum absolute atomic E-state index is 0.00862. The third kappa shape index (κ3) is 6.89. The zero-order valence-electron chi connectivity index (χ0n) is 25.4. The van der Waals surface area contributed by atoms with Crippen LogP contribution in [-0.4, -0.2) is 64.2 Å². The van der Waals surface area contributed by atoms with Gasteiger partial charge in [-0.3, -0.25) is 0 Å². The molecule has 9 nitrogen and oxygen atoms in total. The molecule has 2 aliphatic heterocycles. The SMILES string of the molecule is C1CCOC1.CCOc1c(C(=O)O)cnn1-c1cccc(-c2cccc(C)c2OCc2ccc3c(c2C)CCN(C)C3)n1. The summed E-state index contributed by atoms with van der Waals surface area (Å²) in [6, 6.07) is 15.9. The number of carbonyl (C=O) groups is 1. The molecule has 2 aliphatic rings. The number of para-hydroxylation sites is 1. The molecule has 1 saturated heterocycles. The molecule has 0 radical (unpaired) electrons. The molecule has 6 rings (SSSR count). The van der Waals surface area contributed by atoms with Crippen molar-refractivity contribution < 1.29 is 24.1 Å². The number of rotatable bonds is 8. The first-order chi connectivity index (χ1) is 20.9. The number of fused-ring (bicyclic) bond motifs is 1. The number of aromatic carboxylic acids is 1. The molecule has 1 N–H and O–H groups in total. The molecule has 4 aromatic rings. The highest BCUT2D eigenvalue weighted by Crippen LogP contribution is 2.34. The van der Waals surface area contributed by atoms with Gasteiger partial charge in [-0.2, -0.15) is 9.78 Å². The van der Waals surface area contributed by atoms with Gasteiger partial charge in [0.05, 0.1) is 18.5 Å². The van der Waals surface area contributed by atoms with E-state index in [2.05, 4.69) is 36.1 Å². The molecule has 226 valence electrons. The zero-order chi connectivity index (χ0) is 30.3. The Balaban J connectivity index is 0.000000668. The lowest BCUT2D eigenvalue weighted by Gasteiger charge is -2.27. The predicted molar refractivity (Wildman–Crippen MR) is 165 cm³/mol. The molecule has 1 fully saturated rings. The summed E-state index contributed by atoms with van der Waals surface area (Å²) in [5.74, 6) is 0.279. The summed E-state index contributed by atoms with van der Waals surface area (Å²) in [5, 5.41) is 13.8. The highest BCUT2D eigenvalue weighted by Gasteiger charge is 2.21. The highest BCUT2D eigenvalue weighted by molar-refractivity contribution is 5.90. The lowest BCUT2D eigenvalue weighted by Crippen LogP contribution is -2.27. The third-order valence-electron chi connectivity index (χ3n) is 7.87. The quantitative estimate of drug-likeness (QED) is 0.269. The number of pyridine rings is 1. The average Bonchev–Trinajstić information content (AvgIpc) is 3.72. The van der Waals surface area contributed by atoms with E-state index < -0.39 is 5.97 Å². The number of aromatic nitrogens is 3. The molecule has 0 atom stereocenters. The Bertz CT molecular complexity index is 1570. The number of carboxylic acids is 1. The van der Waals surface area contributed by atoms with Crippen LogP contribution in [0.2, 0.25) is 0 Å². The summed E-state index contributed by atoms with van der Waals surface area (Å²) in [5.41, 5.74) is 7.88. The van der Waals surface area contributed by atoms with Crippen LogP contribution in [0.3, 0.4) is 0 Å². The number of ether oxygens (including phenoxy) is 3. The van der Waals surface area contributed by atoms with Crippen LogP contribution >= 0.6 is 0 Å². The van der Waals surface area contributed by atoms with E-state index in [1.54, 1.807) is 13.0 Å². The van der Waals surface area contributed by atoms with Gasteiger partial charge >= 0.3 is 5.97 Å². The van der Waals surface area contributed by atoms with E-state index in [9.17, 15) is 9.90 Å². The predicted octanol–water partition coefficient (Wildman–Crippen LogP) is 6.01. The molecular weight excluding hydrogens is 544 g/mol. The first-order valence-electron chi connectivity index (χ1n) is 14.9. The third-order valence-corrected chi connectivity index (χ3v) is 7.87. The summed E-state index contributed by atoms with van der Waals surface area (Å²) in [6.45, 7) is 10.8. The van der Waals surface area contributed by atoms with Crippen molar-refractivity contribution in [2.45, 2.75) is 53.2 Å². The summed E-state index contributed by atoms with van der Waals surface area (Å²) < 4.78 is 18.4. The fourth-order valence-electron chi connectivity index (χ4n) is 5.51. The van der Waals surface area contributed by atoms with Crippen LogP contribution in [0.15, 0.2) is 54.7 Å². The van der Waals surface area contributed by atoms with Crippen molar-refractivity contribution in [3.05, 3.63) is 88.1 Å². The van der Waals surface area contributed by atoms with E-state index >= 15 is 0 Å². The van der Waals surface area contributed by atoms with E-state index in [0.717, 1.165) is 49.6 Å². The van der Waals surface area contributed by atoms with Gasteiger partial charge in [0.1, 0.15) is 17.9 Å². The van der Waals surface area contributed by atoms with Crippen LogP contribution in [0, 0.1) is 13.8 Å². The molecule has 4 heterocycles. The maximum atomic E-state index is 11.6. The fraction of sp³-hybridized carbons (Fsp3) is 0.382. The van der Waals surface area contributed by atoms with Crippen molar-refractivity contribution in [1.82, 2.24) is 19.7 Å². The van der Waals surface area contributed by atoms with Gasteiger partial charge in [-0.15, -0.1) is 0 Å². The first kappa shape index (κ1) is 30.3. The number of hydrogen-bond acceptors (Lipinski definition) is 7. The Morgan fingerprint density at radius 3 is 2.56 bits per heavy atom. The lowest BCUT2D eigenvalue weighted by atomic mass is 9.92. The number of carboxylic acid groups (broad SMARTS) is 1. The van der Waals surface area contributed by atoms with Gasteiger partial charge in [-0.25, -0.2) is 9.78 Å². The van der Waals surface area contributed by atoms with Gasteiger partial charge in [-0.1, -0.05) is 30.3 Å². The van der Waals surface area contributed by atoms with E-state index in [4.69, 9.17) is 19.2 Å². The second kappa shape index (κ2) is 13.8. The highest BCUT2D eigenvalue weighted by atomic mass is 16.5. The van der Waals surface area contributed by atoms with Crippen molar-refractivity contribution in [3.63, 3.8) is 0 Å². The maximum Gasteiger partial charge on any atom is 0.342 e. The molecule has 43 heavy (non-hydrogen) atoms. The van der Waals surface area contributed by atoms with Gasteiger partial charge in [0.2, 0.25) is 5.88 Å². The van der Waals surface area contributed by atoms with Crippen molar-refractivity contribution >= 4 is 5.97 Å². The molecular formula is C34H40N4O5. The van der Waals surface area contributed by atoms with Crippen LogP contribution in [0.4, 0.5) is 0 Å². The summed E-state index contributed by atoms with van der Waals surface area (Å²) in [4.78, 5) is 18.8. The number of nitrogens with zero attached hydrogens (tertiary/aromatic N) is 4. The fourth-order valence-corrected chi connectivity index (χ4v) is 5.51. The van der Waals surface area contributed by atoms with Crippen molar-refractivity contribution in [2.24, 2.45) is 0 Å². The van der Waals surface area contributed by atoms with Gasteiger partial charge in [0, 0.05) is 31.9 Å². The van der Waals surface area contributed by atoms with Crippen LogP contribution in [-0.2, 0) is 24.3 Å². The number of likely N-dealkylation sites (N-methyl/N-ethyl adjacent to an activating group) is 1. The Morgan fingerprint density at radius 2 is 1.84 bits per heavy atom. The molecule has 2 aromatic heterocycles. The van der Waals surface area contributed by atoms with Crippen LogP contribution in [0.1, 0.15) is 57.9 Å². The van der Waals surface area contributed by atoms with Crippen LogP contribution < -0.4 is 9.47 Å². The topological polar surface area (TPSA) is 98.9 Å². The molecule has 0 spiro atoms. The Morgan fingerprint density at radius 1 is 1.05 bits per heavy atom. The molecule has 9 heteroatoms. The largest absolute Gasteiger partial charge is 0.488 e. The van der Waals surface area contributed by atoms with Crippen molar-refractivity contribution in [2.75, 3.05) is 33.4 Å². The Kier molecular flexibility index (Phi) is 9.74. The van der Waals surface area contributed by atoms with Crippen LogP contribution in [0.5, 0.6) is 11.6 Å². The standard InChI is InChI=1S/C30H32N4O4.C4H8O/c1-5-37-29-25(30(35)36)16-31-34(29)27-11-7-10-26(32-27)24-9-6-8-19(2)28(24)38-18-22-13-12-21-17-33(4)15-14-23(21)20(22)3;1-2-4-5-3-1/h6-13,16H,5,14-15,17-18H2,1-4H3,(H,35,36);1-4H2. The number of aryl methyl sites for hydroxylation is 1. The molecule has 0 aliphatic carbocycles. The Hall–Kier alpha value is -4.21. The van der Waals surface area contributed by atoms with E-state index in [-0.39, 0.29) is 11.4 Å². The second-order valence-electron chi connectivity index (χ2n) is 10.9. The minimum Gasteiger partial charge on any atom is -0.488 e. The monoisotopic (exact) mass is 584 g/mol. The van der Waals surface area contributed by atoms with Crippen LogP contribution in [0.25, 0.3) is 17.1 Å². The van der Waals surface area contributed by atoms with Gasteiger partial charge in [0.15, 0.2) is 5.82 Å². The van der Waals surface area contributed by atoms with E-state index in [1.807, 2.05) is 37.3 Å². The number of benzene rings is 2. The maximum absolute atomic E-state index is 11.6. The molecule has 2 aromatic carbocycles. The van der Waals surface area contributed by atoms with Gasteiger partial charge < -0.3 is 24.2 Å².